The fourth-order valence-electron chi connectivity index (χ4n) is 3.20. The lowest BCUT2D eigenvalue weighted by Crippen LogP contribution is -2.30. The van der Waals surface area contributed by atoms with E-state index in [1.54, 1.807) is 36.4 Å². The van der Waals surface area contributed by atoms with Crippen LogP contribution in [0.5, 0.6) is 5.75 Å². The second kappa shape index (κ2) is 10.3. The van der Waals surface area contributed by atoms with Gasteiger partial charge in [0.1, 0.15) is 5.75 Å². The van der Waals surface area contributed by atoms with Gasteiger partial charge in [-0.2, -0.15) is 18.3 Å². The molecule has 0 aliphatic heterocycles. The van der Waals surface area contributed by atoms with Crippen molar-refractivity contribution in [3.05, 3.63) is 70.1 Å². The second-order valence-corrected chi connectivity index (χ2v) is 7.36. The first-order valence-electron chi connectivity index (χ1n) is 10.3. The number of amides is 1. The zero-order valence-electron chi connectivity index (χ0n) is 17.6. The summed E-state index contributed by atoms with van der Waals surface area (Å²) in [5, 5.41) is 7.97. The number of nitrogens with one attached hydrogen (secondary N) is 1. The molecule has 0 atom stereocenters. The molecular formula is C23H24F3N3O3. The molecule has 0 saturated carbocycles. The largest absolute Gasteiger partial charge is 0.484 e. The number of benzene rings is 2. The molecule has 6 nitrogen and oxygen atoms in total. The third-order valence-corrected chi connectivity index (χ3v) is 4.84. The van der Waals surface area contributed by atoms with Crippen molar-refractivity contribution in [2.45, 2.75) is 45.5 Å². The molecule has 0 saturated heterocycles. The lowest BCUT2D eigenvalue weighted by molar-refractivity contribution is -0.153. The molecule has 1 heterocycles. The van der Waals surface area contributed by atoms with Crippen LogP contribution in [0, 0.1) is 0 Å². The van der Waals surface area contributed by atoms with Crippen molar-refractivity contribution >= 4 is 16.7 Å². The monoisotopic (exact) mass is 447 g/mol. The maximum absolute atomic E-state index is 12.9. The number of hydrogen-bond donors (Lipinski definition) is 1. The van der Waals surface area contributed by atoms with Crippen LogP contribution in [-0.2, 0) is 13.1 Å². The van der Waals surface area contributed by atoms with Crippen molar-refractivity contribution < 1.29 is 22.7 Å². The Morgan fingerprint density at radius 2 is 1.75 bits per heavy atom. The minimum Gasteiger partial charge on any atom is -0.484 e. The number of aryl methyl sites for hydroxylation is 1. The predicted octanol–water partition coefficient (Wildman–Crippen LogP) is 4.46. The van der Waals surface area contributed by atoms with Gasteiger partial charge in [0.25, 0.3) is 11.5 Å². The van der Waals surface area contributed by atoms with Gasteiger partial charge in [-0.05, 0) is 30.2 Å². The van der Waals surface area contributed by atoms with E-state index in [9.17, 15) is 22.8 Å². The second-order valence-electron chi connectivity index (χ2n) is 7.36. The molecule has 0 radical (unpaired) electrons. The molecule has 0 bridgehead atoms. The van der Waals surface area contributed by atoms with Crippen molar-refractivity contribution in [2.24, 2.45) is 0 Å². The number of fused-ring (bicyclic) bond motifs is 1. The topological polar surface area (TPSA) is 73.2 Å². The van der Waals surface area contributed by atoms with E-state index in [1.807, 2.05) is 0 Å². The number of carbonyl (C=O) groups excluding carboxylic acids is 1. The van der Waals surface area contributed by atoms with Crippen molar-refractivity contribution in [1.82, 2.24) is 15.1 Å². The average molecular weight is 447 g/mol. The van der Waals surface area contributed by atoms with Gasteiger partial charge in [0.2, 0.25) is 0 Å². The van der Waals surface area contributed by atoms with Gasteiger partial charge in [-0.15, -0.1) is 0 Å². The van der Waals surface area contributed by atoms with Gasteiger partial charge >= 0.3 is 6.18 Å². The molecule has 0 aliphatic carbocycles. The molecule has 1 amide bonds. The molecule has 9 heteroatoms. The third-order valence-electron chi connectivity index (χ3n) is 4.84. The number of aromatic nitrogens is 2. The molecule has 0 aliphatic rings. The average Bonchev–Trinajstić information content (AvgIpc) is 2.78. The summed E-state index contributed by atoms with van der Waals surface area (Å²) < 4.78 is 42.7. The minimum absolute atomic E-state index is 0.0872. The fourth-order valence-corrected chi connectivity index (χ4v) is 3.20. The summed E-state index contributed by atoms with van der Waals surface area (Å²) in [5.74, 6) is -0.355. The highest BCUT2D eigenvalue weighted by molar-refractivity contribution is 6.04. The molecule has 1 N–H and O–H groups in total. The Morgan fingerprint density at radius 1 is 1.06 bits per heavy atom. The van der Waals surface area contributed by atoms with E-state index in [0.29, 0.717) is 22.9 Å². The number of carbonyl (C=O) groups is 1. The van der Waals surface area contributed by atoms with Crippen LogP contribution in [0.25, 0.3) is 10.8 Å². The molecule has 1 aromatic heterocycles. The molecule has 0 spiro atoms. The summed E-state index contributed by atoms with van der Waals surface area (Å²) >= 11 is 0. The molecule has 32 heavy (non-hydrogen) atoms. The number of rotatable bonds is 9. The highest BCUT2D eigenvalue weighted by atomic mass is 19.4. The molecule has 0 fully saturated rings. The maximum Gasteiger partial charge on any atom is 0.422 e. The van der Waals surface area contributed by atoms with Gasteiger partial charge in [-0.25, -0.2) is 4.68 Å². The lowest BCUT2D eigenvalue weighted by Gasteiger charge is -2.12. The Hall–Kier alpha value is -3.36. The van der Waals surface area contributed by atoms with Gasteiger partial charge < -0.3 is 10.1 Å². The SMILES string of the molecule is CCCCCn1nc(C(=O)NCc2ccc(OCC(F)(F)F)cc2)c2ccccc2c1=O. The number of ether oxygens (including phenoxy) is 1. The Bertz CT molecular complexity index is 1130. The molecule has 3 aromatic rings. The summed E-state index contributed by atoms with van der Waals surface area (Å²) in [4.78, 5) is 25.6. The predicted molar refractivity (Wildman–Crippen MR) is 115 cm³/mol. The number of halogens is 3. The smallest absolute Gasteiger partial charge is 0.422 e. The summed E-state index contributed by atoms with van der Waals surface area (Å²) in [7, 11) is 0. The Kier molecular flexibility index (Phi) is 7.50. The van der Waals surface area contributed by atoms with Crippen LogP contribution < -0.4 is 15.6 Å². The Balaban J connectivity index is 1.74. The quantitative estimate of drug-likeness (QED) is 0.492. The van der Waals surface area contributed by atoms with Crippen LogP contribution in [0.2, 0.25) is 0 Å². The summed E-state index contributed by atoms with van der Waals surface area (Å²) in [5.41, 5.74) is 0.600. The van der Waals surface area contributed by atoms with Crippen LogP contribution >= 0.6 is 0 Å². The van der Waals surface area contributed by atoms with Gasteiger partial charge in [0.15, 0.2) is 12.3 Å². The molecule has 170 valence electrons. The molecular weight excluding hydrogens is 423 g/mol. The zero-order valence-corrected chi connectivity index (χ0v) is 17.6. The van der Waals surface area contributed by atoms with Gasteiger partial charge in [0, 0.05) is 18.5 Å². The zero-order chi connectivity index (χ0) is 23.1. The van der Waals surface area contributed by atoms with E-state index in [2.05, 4.69) is 22.1 Å². The lowest BCUT2D eigenvalue weighted by atomic mass is 10.1. The summed E-state index contributed by atoms with van der Waals surface area (Å²) in [6.45, 7) is 1.26. The first kappa shape index (κ1) is 23.3. The first-order chi connectivity index (χ1) is 15.3. The highest BCUT2D eigenvalue weighted by Crippen LogP contribution is 2.19. The van der Waals surface area contributed by atoms with Crippen molar-refractivity contribution in [3.8, 4) is 5.75 Å². The van der Waals surface area contributed by atoms with Crippen LogP contribution in [-0.4, -0.2) is 28.5 Å². The number of hydrogen-bond acceptors (Lipinski definition) is 4. The van der Waals surface area contributed by atoms with Gasteiger partial charge in [0.05, 0.1) is 5.39 Å². The van der Waals surface area contributed by atoms with Crippen LogP contribution in [0.15, 0.2) is 53.3 Å². The van der Waals surface area contributed by atoms with E-state index in [0.717, 1.165) is 19.3 Å². The van der Waals surface area contributed by atoms with Crippen LogP contribution in [0.1, 0.15) is 42.2 Å². The van der Waals surface area contributed by atoms with Crippen LogP contribution in [0.3, 0.4) is 0 Å². The number of alkyl halides is 3. The first-order valence-corrected chi connectivity index (χ1v) is 10.3. The number of unbranched alkanes of at least 4 members (excludes halogenated alkanes) is 2. The molecule has 2 aromatic carbocycles. The fraction of sp³-hybridized carbons (Fsp3) is 0.348. The van der Waals surface area contributed by atoms with E-state index >= 15 is 0 Å². The Morgan fingerprint density at radius 3 is 2.41 bits per heavy atom. The Labute approximate surface area is 183 Å². The van der Waals surface area contributed by atoms with Crippen molar-refractivity contribution in [3.63, 3.8) is 0 Å². The standard InChI is InChI=1S/C23H24F3N3O3/c1-2-3-6-13-29-22(31)19-8-5-4-7-18(19)20(28-29)21(30)27-14-16-9-11-17(12-10-16)32-15-23(24,25)26/h4-5,7-12H,2-3,6,13-15H2,1H3,(H,27,30). The van der Waals surface area contributed by atoms with Crippen LogP contribution in [0.4, 0.5) is 13.2 Å². The van der Waals surface area contributed by atoms with E-state index < -0.39 is 18.7 Å². The van der Waals surface area contributed by atoms with Crippen molar-refractivity contribution in [2.75, 3.05) is 6.61 Å². The normalized spacial score (nSPS) is 11.5. The highest BCUT2D eigenvalue weighted by Gasteiger charge is 2.28. The van der Waals surface area contributed by atoms with E-state index in [1.165, 1.54) is 16.8 Å². The number of nitrogens with zero attached hydrogens (tertiary/aromatic N) is 2. The maximum atomic E-state index is 12.9. The summed E-state index contributed by atoms with van der Waals surface area (Å²) in [6.07, 6.45) is -1.68. The third kappa shape index (κ3) is 6.09. The van der Waals surface area contributed by atoms with Crippen molar-refractivity contribution in [1.29, 1.82) is 0 Å². The summed E-state index contributed by atoms with van der Waals surface area (Å²) in [6, 6.07) is 12.8. The van der Waals surface area contributed by atoms with Gasteiger partial charge in [-0.3, -0.25) is 9.59 Å². The van der Waals surface area contributed by atoms with E-state index in [-0.39, 0.29) is 23.5 Å². The van der Waals surface area contributed by atoms with E-state index in [4.69, 9.17) is 0 Å². The molecule has 0 unspecified atom stereocenters. The minimum atomic E-state index is -4.41. The molecule has 3 rings (SSSR count). The van der Waals surface area contributed by atoms with Gasteiger partial charge in [-0.1, -0.05) is 50.1 Å².